The second-order valence-corrected chi connectivity index (χ2v) is 17.7. The summed E-state index contributed by atoms with van der Waals surface area (Å²) in [7, 11) is 0. The third kappa shape index (κ3) is 4.37. The van der Waals surface area contributed by atoms with E-state index in [1.165, 1.54) is 152 Å². The summed E-state index contributed by atoms with van der Waals surface area (Å²) >= 11 is 0. The van der Waals surface area contributed by atoms with E-state index in [-0.39, 0.29) is 0 Å². The maximum absolute atomic E-state index is 2.55. The van der Waals surface area contributed by atoms with Crippen LogP contribution in [0.25, 0.3) is 152 Å². The van der Waals surface area contributed by atoms with Crippen molar-refractivity contribution in [2.45, 2.75) is 0 Å². The largest absolute Gasteiger partial charge is 0.0622 e. The lowest BCUT2D eigenvalue weighted by molar-refractivity contribution is 1.60. The van der Waals surface area contributed by atoms with Gasteiger partial charge in [-0.25, -0.2) is 0 Å². The van der Waals surface area contributed by atoms with Gasteiger partial charge >= 0.3 is 0 Å². The average Bonchev–Trinajstić information content (AvgIpc) is 3.87. The van der Waals surface area contributed by atoms with Gasteiger partial charge in [0.15, 0.2) is 0 Å². The van der Waals surface area contributed by atoms with Crippen LogP contribution in [0.4, 0.5) is 0 Å². The lowest BCUT2D eigenvalue weighted by Crippen LogP contribution is -1.95. The molecule has 15 aromatic rings. The van der Waals surface area contributed by atoms with Gasteiger partial charge in [-0.1, -0.05) is 212 Å². The average molecular weight is 805 g/mol. The van der Waals surface area contributed by atoms with Crippen LogP contribution in [0.5, 0.6) is 0 Å². The normalized spacial score (nSPS) is 12.4. The van der Waals surface area contributed by atoms with Crippen LogP contribution in [-0.4, -0.2) is 0 Å². The predicted octanol–water partition coefficient (Wildman–Crippen LogP) is 18.2. The maximum Gasteiger partial charge on any atom is -0.000694 e. The van der Waals surface area contributed by atoms with Crippen molar-refractivity contribution in [1.82, 2.24) is 0 Å². The highest BCUT2D eigenvalue weighted by molar-refractivity contribution is 6.52. The number of hydrogen-bond donors (Lipinski definition) is 0. The minimum Gasteiger partial charge on any atom is -0.0622 e. The molecule has 0 amide bonds. The molecule has 0 N–H and O–H groups in total. The summed E-state index contributed by atoms with van der Waals surface area (Å²) in [6.45, 7) is 0. The highest BCUT2D eigenvalue weighted by atomic mass is 14.3. The third-order valence-corrected chi connectivity index (χ3v) is 14.7. The summed E-state index contributed by atoms with van der Waals surface area (Å²) < 4.78 is 0. The molecule has 0 radical (unpaired) electrons. The van der Waals surface area contributed by atoms with E-state index < -0.39 is 0 Å². The monoisotopic (exact) mass is 804 g/mol. The molecule has 0 aliphatic rings. The molecule has 15 rings (SSSR count). The SMILES string of the molecule is c1ccc(-c2ccccc2-c2ccc3c4c2cc2c5cccc6cccc(c65)c2c4c2ccc(-c4ccccc4)c4c(-c5ccccc5)c5c6cccc7cccc(c76)c5c3c42)cc1. The van der Waals surface area contributed by atoms with Gasteiger partial charge in [-0.3, -0.25) is 0 Å². The Morgan fingerprint density at radius 3 is 1.25 bits per heavy atom. The van der Waals surface area contributed by atoms with E-state index in [9.17, 15) is 0 Å². The van der Waals surface area contributed by atoms with E-state index in [2.05, 4.69) is 218 Å². The van der Waals surface area contributed by atoms with Crippen LogP contribution < -0.4 is 0 Å². The topological polar surface area (TPSA) is 0 Å². The smallest absolute Gasteiger partial charge is 0.000694 e. The summed E-state index contributed by atoms with van der Waals surface area (Å²) in [6, 6.07) is 82.2. The first-order valence-corrected chi connectivity index (χ1v) is 22.4. The molecule has 0 spiro atoms. The van der Waals surface area contributed by atoms with E-state index in [1.807, 2.05) is 0 Å². The summed E-state index contributed by atoms with van der Waals surface area (Å²) in [5.41, 5.74) is 10.0. The molecule has 15 aromatic carbocycles. The summed E-state index contributed by atoms with van der Waals surface area (Å²) in [5.74, 6) is 0. The minimum absolute atomic E-state index is 1.22. The second-order valence-electron chi connectivity index (χ2n) is 17.7. The Hall–Kier alpha value is -8.32. The van der Waals surface area contributed by atoms with E-state index >= 15 is 0 Å². The molecule has 0 fully saturated rings. The van der Waals surface area contributed by atoms with Gasteiger partial charge in [-0.2, -0.15) is 0 Å². The zero-order valence-electron chi connectivity index (χ0n) is 34.8. The van der Waals surface area contributed by atoms with Gasteiger partial charge in [0.25, 0.3) is 0 Å². The van der Waals surface area contributed by atoms with Crippen molar-refractivity contribution >= 4 is 108 Å². The predicted molar refractivity (Wildman–Crippen MR) is 277 cm³/mol. The Morgan fingerprint density at radius 1 is 0.172 bits per heavy atom. The van der Waals surface area contributed by atoms with Crippen LogP contribution in [-0.2, 0) is 0 Å². The first kappa shape index (κ1) is 34.3. The van der Waals surface area contributed by atoms with E-state index in [0.29, 0.717) is 0 Å². The van der Waals surface area contributed by atoms with Gasteiger partial charge in [-0.05, 0) is 158 Å². The molecule has 0 aliphatic carbocycles. The van der Waals surface area contributed by atoms with Crippen LogP contribution in [0.2, 0.25) is 0 Å². The minimum atomic E-state index is 1.22. The third-order valence-electron chi connectivity index (χ3n) is 14.7. The molecule has 64 heavy (non-hydrogen) atoms. The molecule has 0 saturated carbocycles. The van der Waals surface area contributed by atoms with Gasteiger partial charge in [-0.15, -0.1) is 0 Å². The molecule has 0 heterocycles. The zero-order chi connectivity index (χ0) is 41.6. The van der Waals surface area contributed by atoms with Crippen LogP contribution in [0.3, 0.4) is 0 Å². The highest BCUT2D eigenvalue weighted by Gasteiger charge is 2.29. The van der Waals surface area contributed by atoms with Crippen molar-refractivity contribution in [3.05, 3.63) is 218 Å². The van der Waals surface area contributed by atoms with Gasteiger partial charge < -0.3 is 0 Å². The van der Waals surface area contributed by atoms with E-state index in [1.54, 1.807) is 0 Å². The second kappa shape index (κ2) is 12.6. The molecule has 292 valence electrons. The van der Waals surface area contributed by atoms with Crippen molar-refractivity contribution in [2.75, 3.05) is 0 Å². The number of rotatable bonds is 4. The maximum atomic E-state index is 2.55. The summed E-state index contributed by atoms with van der Waals surface area (Å²) in [5, 5.41) is 26.5. The Kier molecular flexibility index (Phi) is 6.77. The first-order chi connectivity index (χ1) is 31.8. The number of hydrogen-bond acceptors (Lipinski definition) is 0. The molecule has 0 aliphatic heterocycles. The standard InChI is InChI=1S/C64H36/c1-4-16-37(17-5-1)42-26-10-11-27-44(42)45-33-35-50-58-52(45)36-53-46-28-12-22-39-23-13-29-47(54(39)46)57(53)61(58)51-34-32-43(38-18-6-2-7-19-38)59-56(41-20-8-3-9-21-41)60-48-30-14-24-40-25-15-31-49(55(40)48)62(60)63(50)64(51)59/h1-36H. The molecule has 0 aromatic heterocycles. The fourth-order valence-corrected chi connectivity index (χ4v) is 12.2. The summed E-state index contributed by atoms with van der Waals surface area (Å²) in [4.78, 5) is 0. The Bertz CT molecular complexity index is 4360. The first-order valence-electron chi connectivity index (χ1n) is 22.4. The molecule has 0 nitrogen and oxygen atoms in total. The Balaban J connectivity index is 1.28. The lowest BCUT2D eigenvalue weighted by atomic mass is 9.79. The number of fused-ring (bicyclic) bond motifs is 10. The molecule has 0 bridgehead atoms. The van der Waals surface area contributed by atoms with Gasteiger partial charge in [0, 0.05) is 0 Å². The highest BCUT2D eigenvalue weighted by Crippen LogP contribution is 2.57. The van der Waals surface area contributed by atoms with Crippen LogP contribution in [0.1, 0.15) is 0 Å². The Morgan fingerprint density at radius 2 is 0.594 bits per heavy atom. The van der Waals surface area contributed by atoms with Gasteiger partial charge in [0.1, 0.15) is 0 Å². The van der Waals surface area contributed by atoms with Gasteiger partial charge in [0.05, 0.1) is 0 Å². The van der Waals surface area contributed by atoms with E-state index in [0.717, 1.165) is 0 Å². The van der Waals surface area contributed by atoms with Crippen LogP contribution in [0.15, 0.2) is 218 Å². The number of benzene rings is 13. The Labute approximate surface area is 368 Å². The summed E-state index contributed by atoms with van der Waals surface area (Å²) in [6.07, 6.45) is 0. The zero-order valence-corrected chi connectivity index (χ0v) is 34.8. The molecular weight excluding hydrogens is 769 g/mol. The van der Waals surface area contributed by atoms with Crippen molar-refractivity contribution in [3.63, 3.8) is 0 Å². The fraction of sp³-hybridized carbons (Fsp3) is 0. The molecule has 0 heteroatoms. The van der Waals surface area contributed by atoms with Gasteiger partial charge in [0.2, 0.25) is 0 Å². The van der Waals surface area contributed by atoms with Crippen molar-refractivity contribution in [3.8, 4) is 44.5 Å². The molecule has 0 atom stereocenters. The quantitative estimate of drug-likeness (QED) is 0.123. The lowest BCUT2D eigenvalue weighted by Gasteiger charge is -2.23. The van der Waals surface area contributed by atoms with E-state index in [4.69, 9.17) is 0 Å². The van der Waals surface area contributed by atoms with Crippen LogP contribution in [0, 0.1) is 0 Å². The molecule has 0 unspecified atom stereocenters. The molecule has 0 saturated heterocycles. The van der Waals surface area contributed by atoms with Crippen molar-refractivity contribution in [2.24, 2.45) is 0 Å². The molecular formula is C64H36. The van der Waals surface area contributed by atoms with Crippen LogP contribution >= 0.6 is 0 Å². The van der Waals surface area contributed by atoms with Crippen molar-refractivity contribution in [1.29, 1.82) is 0 Å². The van der Waals surface area contributed by atoms with Crippen molar-refractivity contribution < 1.29 is 0 Å². The fourth-order valence-electron chi connectivity index (χ4n) is 12.2.